The lowest BCUT2D eigenvalue weighted by atomic mass is 9.82. The Balaban J connectivity index is 1.49. The van der Waals surface area contributed by atoms with Crippen LogP contribution in [0.25, 0.3) is 10.9 Å². The zero-order valence-corrected chi connectivity index (χ0v) is 17.1. The van der Waals surface area contributed by atoms with Crippen molar-refractivity contribution in [2.75, 3.05) is 26.2 Å². The van der Waals surface area contributed by atoms with E-state index in [4.69, 9.17) is 16.6 Å². The lowest BCUT2D eigenvalue weighted by molar-refractivity contribution is 0.0736. The topological polar surface area (TPSA) is 45.2 Å². The normalized spacial score (nSPS) is 19.2. The van der Waals surface area contributed by atoms with Gasteiger partial charge in [0.05, 0.1) is 10.5 Å². The molecule has 2 aliphatic rings. The average molecular weight is 406 g/mol. The van der Waals surface area contributed by atoms with Crippen LogP contribution in [0.5, 0.6) is 0 Å². The van der Waals surface area contributed by atoms with Gasteiger partial charge in [0, 0.05) is 42.8 Å². The molecule has 1 amide bonds. The van der Waals surface area contributed by atoms with Gasteiger partial charge in [0.25, 0.3) is 5.91 Å². The SMILES string of the molecule is O=C(c1ccc2c(Cl)c3c(nc2c1)CC(c1ccccc1)CC3)N1CCNCC1. The van der Waals surface area contributed by atoms with Gasteiger partial charge in [-0.3, -0.25) is 9.78 Å². The van der Waals surface area contributed by atoms with Gasteiger partial charge in [0.15, 0.2) is 0 Å². The number of benzene rings is 2. The molecule has 3 aromatic rings. The van der Waals surface area contributed by atoms with Gasteiger partial charge in [0.2, 0.25) is 0 Å². The van der Waals surface area contributed by atoms with Crippen LogP contribution in [-0.4, -0.2) is 42.0 Å². The van der Waals surface area contributed by atoms with Crippen LogP contribution in [0.3, 0.4) is 0 Å². The molecule has 4 nitrogen and oxygen atoms in total. The van der Waals surface area contributed by atoms with Gasteiger partial charge in [-0.25, -0.2) is 0 Å². The van der Waals surface area contributed by atoms with E-state index in [2.05, 4.69) is 35.6 Å². The van der Waals surface area contributed by atoms with E-state index in [-0.39, 0.29) is 5.91 Å². The summed E-state index contributed by atoms with van der Waals surface area (Å²) in [4.78, 5) is 19.8. The first-order chi connectivity index (χ1) is 14.2. The van der Waals surface area contributed by atoms with Crippen molar-refractivity contribution < 1.29 is 4.79 Å². The summed E-state index contributed by atoms with van der Waals surface area (Å²) in [5.41, 5.74) is 5.13. The molecule has 0 spiro atoms. The largest absolute Gasteiger partial charge is 0.336 e. The Labute approximate surface area is 175 Å². The third kappa shape index (κ3) is 3.52. The van der Waals surface area contributed by atoms with Gasteiger partial charge in [-0.2, -0.15) is 0 Å². The number of rotatable bonds is 2. The quantitative estimate of drug-likeness (QED) is 0.694. The zero-order valence-electron chi connectivity index (χ0n) is 16.3. The number of piperazine rings is 1. The van der Waals surface area contributed by atoms with Gasteiger partial charge < -0.3 is 10.2 Å². The maximum Gasteiger partial charge on any atom is 0.254 e. The summed E-state index contributed by atoms with van der Waals surface area (Å²) >= 11 is 6.79. The molecule has 1 fully saturated rings. The minimum Gasteiger partial charge on any atom is -0.336 e. The number of carbonyl (C=O) groups is 1. The molecule has 1 saturated heterocycles. The van der Waals surface area contributed by atoms with Crippen LogP contribution in [0.2, 0.25) is 5.02 Å². The number of nitrogens with one attached hydrogen (secondary N) is 1. The number of carbonyl (C=O) groups excluding carboxylic acids is 1. The van der Waals surface area contributed by atoms with Crippen molar-refractivity contribution in [1.82, 2.24) is 15.2 Å². The smallest absolute Gasteiger partial charge is 0.254 e. The van der Waals surface area contributed by atoms with E-state index < -0.39 is 0 Å². The molecule has 1 unspecified atom stereocenters. The summed E-state index contributed by atoms with van der Waals surface area (Å²) in [7, 11) is 0. The van der Waals surface area contributed by atoms with Crippen molar-refractivity contribution in [2.45, 2.75) is 25.2 Å². The number of fused-ring (bicyclic) bond motifs is 2. The van der Waals surface area contributed by atoms with Gasteiger partial charge in [-0.05, 0) is 48.4 Å². The number of hydrogen-bond donors (Lipinski definition) is 1. The van der Waals surface area contributed by atoms with E-state index in [0.717, 1.165) is 67.1 Å². The van der Waals surface area contributed by atoms with Crippen LogP contribution >= 0.6 is 11.6 Å². The highest BCUT2D eigenvalue weighted by Crippen LogP contribution is 2.38. The highest BCUT2D eigenvalue weighted by molar-refractivity contribution is 6.36. The fourth-order valence-electron chi connectivity index (χ4n) is 4.58. The molecule has 29 heavy (non-hydrogen) atoms. The maximum absolute atomic E-state index is 12.9. The number of pyridine rings is 1. The van der Waals surface area contributed by atoms with Gasteiger partial charge >= 0.3 is 0 Å². The third-order valence-electron chi connectivity index (χ3n) is 6.21. The predicted molar refractivity (Wildman–Crippen MR) is 117 cm³/mol. The van der Waals surface area contributed by atoms with Crippen LogP contribution in [0.1, 0.15) is 39.5 Å². The third-order valence-corrected chi connectivity index (χ3v) is 6.64. The number of nitrogens with zero attached hydrogens (tertiary/aromatic N) is 2. The summed E-state index contributed by atoms with van der Waals surface area (Å²) in [6.45, 7) is 3.18. The monoisotopic (exact) mass is 405 g/mol. The molecule has 2 heterocycles. The highest BCUT2D eigenvalue weighted by Gasteiger charge is 2.25. The second kappa shape index (κ2) is 7.77. The molecule has 5 rings (SSSR count). The average Bonchev–Trinajstić information content (AvgIpc) is 2.79. The molecular formula is C24H24ClN3O. The van der Waals surface area contributed by atoms with Crippen LogP contribution in [0.15, 0.2) is 48.5 Å². The molecule has 1 aliphatic carbocycles. The molecule has 1 aliphatic heterocycles. The number of aromatic nitrogens is 1. The molecule has 1 aromatic heterocycles. The molecule has 0 bridgehead atoms. The standard InChI is InChI=1S/C24H24ClN3O/c25-23-19-8-6-17(16-4-2-1-3-5-16)14-21(19)27-22-15-18(7-9-20(22)23)24(29)28-12-10-26-11-13-28/h1-5,7,9,15,17,26H,6,8,10-14H2. The van der Waals surface area contributed by atoms with Crippen molar-refractivity contribution >= 4 is 28.4 Å². The molecule has 1 atom stereocenters. The molecule has 2 aromatic carbocycles. The molecular weight excluding hydrogens is 382 g/mol. The minimum atomic E-state index is 0.0752. The van der Waals surface area contributed by atoms with Crippen LogP contribution in [0.4, 0.5) is 0 Å². The molecule has 0 radical (unpaired) electrons. The number of hydrogen-bond acceptors (Lipinski definition) is 3. The Kier molecular flexibility index (Phi) is 4.98. The second-order valence-electron chi connectivity index (χ2n) is 7.98. The van der Waals surface area contributed by atoms with E-state index in [1.54, 1.807) is 0 Å². The first-order valence-electron chi connectivity index (χ1n) is 10.4. The molecule has 5 heteroatoms. The second-order valence-corrected chi connectivity index (χ2v) is 8.35. The van der Waals surface area contributed by atoms with Crippen molar-refractivity contribution in [1.29, 1.82) is 0 Å². The van der Waals surface area contributed by atoms with Gasteiger partial charge in [-0.15, -0.1) is 0 Å². The molecule has 0 saturated carbocycles. The van der Waals surface area contributed by atoms with E-state index >= 15 is 0 Å². The van der Waals surface area contributed by atoms with Crippen molar-refractivity contribution in [3.05, 3.63) is 75.9 Å². The highest BCUT2D eigenvalue weighted by atomic mass is 35.5. The Morgan fingerprint density at radius 2 is 1.90 bits per heavy atom. The van der Waals surface area contributed by atoms with E-state index in [1.165, 1.54) is 11.1 Å². The summed E-state index contributed by atoms with van der Waals surface area (Å²) < 4.78 is 0. The summed E-state index contributed by atoms with van der Waals surface area (Å²) in [6.07, 6.45) is 2.92. The molecule has 148 valence electrons. The number of amides is 1. The summed E-state index contributed by atoms with van der Waals surface area (Å²) in [6, 6.07) is 16.4. The lowest BCUT2D eigenvalue weighted by Gasteiger charge is -2.28. The van der Waals surface area contributed by atoms with E-state index in [9.17, 15) is 4.79 Å². The number of halogens is 1. The molecule has 1 N–H and O–H groups in total. The predicted octanol–water partition coefficient (Wildman–Crippen LogP) is 4.21. The fourth-order valence-corrected chi connectivity index (χ4v) is 4.95. The zero-order chi connectivity index (χ0) is 19.8. The van der Waals surface area contributed by atoms with Crippen molar-refractivity contribution in [3.8, 4) is 0 Å². The van der Waals surface area contributed by atoms with Crippen LogP contribution in [-0.2, 0) is 12.8 Å². The van der Waals surface area contributed by atoms with Crippen molar-refractivity contribution in [3.63, 3.8) is 0 Å². The Morgan fingerprint density at radius 1 is 1.10 bits per heavy atom. The summed E-state index contributed by atoms with van der Waals surface area (Å²) in [5.74, 6) is 0.543. The Morgan fingerprint density at radius 3 is 2.69 bits per heavy atom. The Bertz CT molecular complexity index is 1060. The van der Waals surface area contributed by atoms with Crippen LogP contribution in [0, 0.1) is 0 Å². The van der Waals surface area contributed by atoms with Crippen molar-refractivity contribution in [2.24, 2.45) is 0 Å². The van der Waals surface area contributed by atoms with Gasteiger partial charge in [-0.1, -0.05) is 48.0 Å². The van der Waals surface area contributed by atoms with E-state index in [0.29, 0.717) is 11.5 Å². The summed E-state index contributed by atoms with van der Waals surface area (Å²) in [5, 5.41) is 5.03. The first-order valence-corrected chi connectivity index (χ1v) is 10.7. The Hall–Kier alpha value is -2.43. The lowest BCUT2D eigenvalue weighted by Crippen LogP contribution is -2.46. The van der Waals surface area contributed by atoms with Gasteiger partial charge in [0.1, 0.15) is 0 Å². The minimum absolute atomic E-state index is 0.0752. The maximum atomic E-state index is 12.9. The first kappa shape index (κ1) is 18.6. The van der Waals surface area contributed by atoms with E-state index in [1.807, 2.05) is 23.1 Å². The fraction of sp³-hybridized carbons (Fsp3) is 0.333. The van der Waals surface area contributed by atoms with Crippen LogP contribution < -0.4 is 5.32 Å².